The van der Waals surface area contributed by atoms with E-state index >= 15 is 0 Å². The van der Waals surface area contributed by atoms with Gasteiger partial charge in [0, 0.05) is 27.6 Å². The van der Waals surface area contributed by atoms with Crippen molar-refractivity contribution in [1.29, 1.82) is 0 Å². The predicted octanol–water partition coefficient (Wildman–Crippen LogP) is 16.2. The lowest BCUT2D eigenvalue weighted by molar-refractivity contribution is 1.18. The highest BCUT2D eigenvalue weighted by atomic mass is 15.0. The summed E-state index contributed by atoms with van der Waals surface area (Å²) < 4.78 is 2.38. The van der Waals surface area contributed by atoms with Crippen LogP contribution in [0.3, 0.4) is 0 Å². The fourth-order valence-electron chi connectivity index (χ4n) is 9.44. The maximum absolute atomic E-state index is 5.37. The number of nitrogens with zero attached hydrogens (tertiary/aromatic N) is 2. The molecular formula is C61H40N2. The Morgan fingerprint density at radius 3 is 1.76 bits per heavy atom. The largest absolute Gasteiger partial charge is 0.309 e. The third-order valence-corrected chi connectivity index (χ3v) is 12.5. The second-order valence-corrected chi connectivity index (χ2v) is 16.4. The molecule has 0 aliphatic heterocycles. The first-order valence-electron chi connectivity index (χ1n) is 21.6. The molecule has 0 fully saturated rings. The van der Waals surface area contributed by atoms with Crippen molar-refractivity contribution in [2.75, 3.05) is 0 Å². The molecule has 0 amide bonds. The number of fused-ring (bicyclic) bond motifs is 5. The van der Waals surface area contributed by atoms with Gasteiger partial charge in [-0.25, -0.2) is 4.98 Å². The summed E-state index contributed by atoms with van der Waals surface area (Å²) in [4.78, 5) is 5.37. The Bertz CT molecular complexity index is 3540. The van der Waals surface area contributed by atoms with Crippen LogP contribution in [0.4, 0.5) is 0 Å². The molecule has 63 heavy (non-hydrogen) atoms. The van der Waals surface area contributed by atoms with E-state index in [9.17, 15) is 0 Å². The molecule has 2 heterocycles. The third-order valence-electron chi connectivity index (χ3n) is 12.5. The fourth-order valence-corrected chi connectivity index (χ4v) is 9.44. The fraction of sp³-hybridized carbons (Fsp3) is 0. The predicted molar refractivity (Wildman–Crippen MR) is 267 cm³/mol. The molecule has 0 saturated heterocycles. The molecule has 0 atom stereocenters. The standard InChI is InChI=1S/C61H40N2/c1-4-15-41(16-5-1)52-39-57(43-18-6-2-7-19-43)62-58(40-52)53-37-50(45-28-27-42-17-10-11-20-44(42)33-45)36-51(38-53)46-31-32-55-47(34-46)29-30-48(55)35-49-21-14-26-60-61(49)56-24-12-13-25-59(56)63(60)54-22-8-3-9-23-54/h1-40H/b48-35+. The van der Waals surface area contributed by atoms with Crippen LogP contribution < -0.4 is 0 Å². The highest BCUT2D eigenvalue weighted by molar-refractivity contribution is 6.14. The summed E-state index contributed by atoms with van der Waals surface area (Å²) >= 11 is 0. The molecule has 1 aliphatic rings. The lowest BCUT2D eigenvalue weighted by Gasteiger charge is -2.15. The molecule has 0 N–H and O–H groups in total. The molecule has 2 nitrogen and oxygen atoms in total. The van der Waals surface area contributed by atoms with Gasteiger partial charge in [-0.3, -0.25) is 0 Å². The Morgan fingerprint density at radius 1 is 0.365 bits per heavy atom. The van der Waals surface area contributed by atoms with E-state index in [0.29, 0.717) is 0 Å². The number of hydrogen-bond acceptors (Lipinski definition) is 1. The molecule has 12 rings (SSSR count). The maximum Gasteiger partial charge on any atom is 0.0716 e. The van der Waals surface area contributed by atoms with Crippen LogP contribution in [-0.2, 0) is 0 Å². The zero-order valence-corrected chi connectivity index (χ0v) is 34.5. The number of aromatic nitrogens is 2. The normalized spacial score (nSPS) is 12.7. The number of hydrogen-bond donors (Lipinski definition) is 0. The minimum atomic E-state index is 0.938. The molecule has 2 heteroatoms. The number of pyridine rings is 1. The molecule has 0 saturated carbocycles. The lowest BCUT2D eigenvalue weighted by atomic mass is 9.91. The van der Waals surface area contributed by atoms with E-state index in [2.05, 4.69) is 247 Å². The van der Waals surface area contributed by atoms with Crippen LogP contribution in [0.15, 0.2) is 231 Å². The van der Waals surface area contributed by atoms with Gasteiger partial charge in [0.05, 0.1) is 22.4 Å². The van der Waals surface area contributed by atoms with Crippen LogP contribution in [0.1, 0.15) is 16.7 Å². The van der Waals surface area contributed by atoms with Crippen molar-refractivity contribution >= 4 is 50.3 Å². The van der Waals surface area contributed by atoms with Crippen molar-refractivity contribution < 1.29 is 0 Å². The Labute approximate surface area is 367 Å². The summed E-state index contributed by atoms with van der Waals surface area (Å²) in [6.45, 7) is 0. The van der Waals surface area contributed by atoms with E-state index in [4.69, 9.17) is 4.98 Å². The van der Waals surface area contributed by atoms with Gasteiger partial charge in [-0.05, 0) is 139 Å². The first-order valence-corrected chi connectivity index (χ1v) is 21.6. The number of allylic oxidation sites excluding steroid dienone is 2. The number of rotatable bonds is 7. The van der Waals surface area contributed by atoms with Crippen molar-refractivity contribution in [2.24, 2.45) is 0 Å². The topological polar surface area (TPSA) is 17.8 Å². The molecule has 0 radical (unpaired) electrons. The number of benzene rings is 9. The Hall–Kier alpha value is -8.33. The molecule has 0 unspecified atom stereocenters. The second kappa shape index (κ2) is 15.3. The van der Waals surface area contributed by atoms with Gasteiger partial charge in [0.2, 0.25) is 0 Å². The Balaban J connectivity index is 0.989. The minimum Gasteiger partial charge on any atom is -0.309 e. The maximum atomic E-state index is 5.37. The zero-order valence-electron chi connectivity index (χ0n) is 34.5. The summed E-state index contributed by atoms with van der Waals surface area (Å²) in [5, 5.41) is 4.97. The van der Waals surface area contributed by atoms with E-state index in [0.717, 1.165) is 50.5 Å². The highest BCUT2D eigenvalue weighted by Crippen LogP contribution is 2.41. The van der Waals surface area contributed by atoms with Crippen LogP contribution in [-0.4, -0.2) is 9.55 Å². The third kappa shape index (κ3) is 6.66. The smallest absolute Gasteiger partial charge is 0.0716 e. The zero-order chi connectivity index (χ0) is 41.7. The van der Waals surface area contributed by atoms with Gasteiger partial charge in [0.25, 0.3) is 0 Å². The van der Waals surface area contributed by atoms with Crippen LogP contribution >= 0.6 is 0 Å². The highest BCUT2D eigenvalue weighted by Gasteiger charge is 2.18. The molecular weight excluding hydrogens is 761 g/mol. The van der Waals surface area contributed by atoms with Crippen LogP contribution in [0, 0.1) is 0 Å². The van der Waals surface area contributed by atoms with Gasteiger partial charge >= 0.3 is 0 Å². The van der Waals surface area contributed by atoms with Crippen molar-refractivity contribution in [3.8, 4) is 61.6 Å². The quantitative estimate of drug-likeness (QED) is 0.157. The monoisotopic (exact) mass is 800 g/mol. The van der Waals surface area contributed by atoms with Crippen LogP contribution in [0.5, 0.6) is 0 Å². The van der Waals surface area contributed by atoms with Crippen LogP contribution in [0.25, 0.3) is 112 Å². The Morgan fingerprint density at radius 2 is 0.968 bits per heavy atom. The van der Waals surface area contributed by atoms with Crippen molar-refractivity contribution in [2.45, 2.75) is 0 Å². The van der Waals surface area contributed by atoms with Gasteiger partial charge in [-0.1, -0.05) is 170 Å². The van der Waals surface area contributed by atoms with E-state index < -0.39 is 0 Å². The first-order chi connectivity index (χ1) is 31.2. The van der Waals surface area contributed by atoms with Gasteiger partial charge in [0.1, 0.15) is 0 Å². The minimum absolute atomic E-state index is 0.938. The van der Waals surface area contributed by atoms with Crippen molar-refractivity contribution in [1.82, 2.24) is 9.55 Å². The molecule has 294 valence electrons. The van der Waals surface area contributed by atoms with Gasteiger partial charge in [-0.2, -0.15) is 0 Å². The van der Waals surface area contributed by atoms with E-state index in [1.54, 1.807) is 0 Å². The van der Waals surface area contributed by atoms with Crippen molar-refractivity contribution in [3.63, 3.8) is 0 Å². The summed E-state index contributed by atoms with van der Waals surface area (Å²) in [6.07, 6.45) is 6.90. The van der Waals surface area contributed by atoms with Crippen molar-refractivity contribution in [3.05, 3.63) is 247 Å². The summed E-state index contributed by atoms with van der Waals surface area (Å²) in [5.41, 5.74) is 19.4. The van der Waals surface area contributed by atoms with E-state index in [1.807, 2.05) is 0 Å². The first kappa shape index (κ1) is 36.5. The van der Waals surface area contributed by atoms with E-state index in [1.165, 1.54) is 66.0 Å². The SMILES string of the molecule is C1=Cc2cc(-c3cc(-c4ccc5ccccc5c4)cc(-c4cc(-c5ccccc5)cc(-c5ccccc5)n4)c3)ccc2/C1=C/c1cccc2c1c1ccccc1n2-c1ccccc1. The Kier molecular flexibility index (Phi) is 8.86. The molecule has 0 spiro atoms. The molecule has 2 aromatic heterocycles. The molecule has 0 bridgehead atoms. The summed E-state index contributed by atoms with van der Waals surface area (Å²) in [6, 6.07) is 80.9. The van der Waals surface area contributed by atoms with Crippen LogP contribution in [0.2, 0.25) is 0 Å². The number of para-hydroxylation sites is 2. The summed E-state index contributed by atoms with van der Waals surface area (Å²) in [7, 11) is 0. The molecule has 1 aliphatic carbocycles. The summed E-state index contributed by atoms with van der Waals surface area (Å²) in [5.74, 6) is 0. The average molecular weight is 801 g/mol. The average Bonchev–Trinajstić information content (AvgIpc) is 3.93. The van der Waals surface area contributed by atoms with E-state index in [-0.39, 0.29) is 0 Å². The second-order valence-electron chi connectivity index (χ2n) is 16.4. The van der Waals surface area contributed by atoms with Gasteiger partial charge < -0.3 is 4.57 Å². The molecule has 11 aromatic rings. The van der Waals surface area contributed by atoms with Gasteiger partial charge in [-0.15, -0.1) is 0 Å². The lowest BCUT2D eigenvalue weighted by Crippen LogP contribution is -1.93. The van der Waals surface area contributed by atoms with Gasteiger partial charge in [0.15, 0.2) is 0 Å². The molecule has 9 aromatic carbocycles.